The van der Waals surface area contributed by atoms with Crippen LogP contribution in [0.2, 0.25) is 0 Å². The molecule has 0 N–H and O–H groups in total. The van der Waals surface area contributed by atoms with Gasteiger partial charge >= 0.3 is 0 Å². The van der Waals surface area contributed by atoms with Crippen LogP contribution in [0.4, 0.5) is 0 Å². The van der Waals surface area contributed by atoms with E-state index in [0.717, 1.165) is 17.4 Å². The van der Waals surface area contributed by atoms with Gasteiger partial charge in [0.05, 0.1) is 17.7 Å². The summed E-state index contributed by atoms with van der Waals surface area (Å²) in [5.74, 6) is 2.01. The lowest BCUT2D eigenvalue weighted by Gasteiger charge is -2.14. The van der Waals surface area contributed by atoms with Crippen LogP contribution < -0.4 is 9.47 Å². The maximum Gasteiger partial charge on any atom is 0.175 e. The molecule has 92 valence electrons. The van der Waals surface area contributed by atoms with Gasteiger partial charge in [-0.2, -0.15) is 0 Å². The third-order valence-corrected chi connectivity index (χ3v) is 3.22. The Morgan fingerprint density at radius 1 is 1.41 bits per heavy atom. The highest BCUT2D eigenvalue weighted by atomic mass is 79.9. The molecule has 1 aliphatic rings. The molecule has 4 heteroatoms. The van der Waals surface area contributed by atoms with Crippen LogP contribution in [-0.2, 0) is 0 Å². The number of carbonyl (C=O) groups excluding carboxylic acids is 1. The molecule has 3 nitrogen and oxygen atoms in total. The lowest BCUT2D eigenvalue weighted by molar-refractivity contribution is 0.112. The summed E-state index contributed by atoms with van der Waals surface area (Å²) in [4.78, 5) is 10.8. The molecule has 1 saturated carbocycles. The van der Waals surface area contributed by atoms with Crippen molar-refractivity contribution in [3.05, 3.63) is 22.2 Å². The Kier molecular flexibility index (Phi) is 4.05. The summed E-state index contributed by atoms with van der Waals surface area (Å²) in [6.45, 7) is 3.18. The summed E-state index contributed by atoms with van der Waals surface area (Å²) in [7, 11) is 0. The van der Waals surface area contributed by atoms with Gasteiger partial charge in [-0.1, -0.05) is 0 Å². The van der Waals surface area contributed by atoms with Crippen molar-refractivity contribution in [1.82, 2.24) is 0 Å². The van der Waals surface area contributed by atoms with Crippen LogP contribution in [0.15, 0.2) is 16.6 Å². The van der Waals surface area contributed by atoms with Crippen LogP contribution in [0, 0.1) is 5.92 Å². The summed E-state index contributed by atoms with van der Waals surface area (Å²) in [6.07, 6.45) is 3.29. The third-order valence-electron chi connectivity index (χ3n) is 2.63. The molecule has 0 unspecified atom stereocenters. The summed E-state index contributed by atoms with van der Waals surface area (Å²) in [5.41, 5.74) is 0.582. The van der Waals surface area contributed by atoms with E-state index in [0.29, 0.717) is 29.6 Å². The van der Waals surface area contributed by atoms with Gasteiger partial charge in [0.2, 0.25) is 0 Å². The van der Waals surface area contributed by atoms with Gasteiger partial charge < -0.3 is 9.47 Å². The molecule has 0 spiro atoms. The lowest BCUT2D eigenvalue weighted by atomic mass is 10.2. The zero-order valence-corrected chi connectivity index (χ0v) is 11.3. The number of benzene rings is 1. The number of halogens is 1. The molecule has 2 rings (SSSR count). The summed E-state index contributed by atoms with van der Waals surface area (Å²) < 4.78 is 12.0. The molecule has 0 radical (unpaired) electrons. The van der Waals surface area contributed by atoms with Crippen LogP contribution in [0.5, 0.6) is 11.5 Å². The van der Waals surface area contributed by atoms with E-state index in [4.69, 9.17) is 9.47 Å². The van der Waals surface area contributed by atoms with Crippen molar-refractivity contribution in [1.29, 1.82) is 0 Å². The fourth-order valence-electron chi connectivity index (χ4n) is 1.54. The molecule has 17 heavy (non-hydrogen) atoms. The summed E-state index contributed by atoms with van der Waals surface area (Å²) in [5, 5.41) is 0. The monoisotopic (exact) mass is 298 g/mol. The molecule has 1 fully saturated rings. The average Bonchev–Trinajstić information content (AvgIpc) is 3.12. The minimum Gasteiger partial charge on any atom is -0.490 e. The smallest absolute Gasteiger partial charge is 0.175 e. The quantitative estimate of drug-likeness (QED) is 0.755. The molecule has 1 aromatic rings. The maximum absolute atomic E-state index is 10.8. The van der Waals surface area contributed by atoms with Crippen LogP contribution in [0.25, 0.3) is 0 Å². The number of rotatable bonds is 6. The van der Waals surface area contributed by atoms with Gasteiger partial charge in [-0.3, -0.25) is 4.79 Å². The van der Waals surface area contributed by atoms with E-state index in [-0.39, 0.29) is 0 Å². The van der Waals surface area contributed by atoms with E-state index in [1.165, 1.54) is 12.8 Å². The topological polar surface area (TPSA) is 35.5 Å². The van der Waals surface area contributed by atoms with E-state index in [9.17, 15) is 4.79 Å². The average molecular weight is 299 g/mol. The van der Waals surface area contributed by atoms with Gasteiger partial charge in [0.15, 0.2) is 11.5 Å². The number of aldehydes is 1. The van der Waals surface area contributed by atoms with Crippen LogP contribution in [-0.4, -0.2) is 19.5 Å². The Labute approximate surface area is 109 Å². The molecule has 0 heterocycles. The van der Waals surface area contributed by atoms with Crippen molar-refractivity contribution in [3.63, 3.8) is 0 Å². The molecular formula is C13H15BrO3. The Morgan fingerprint density at radius 2 is 2.18 bits per heavy atom. The molecule has 0 saturated heterocycles. The molecule has 0 aliphatic heterocycles. The highest BCUT2D eigenvalue weighted by Crippen LogP contribution is 2.38. The zero-order chi connectivity index (χ0) is 12.3. The fourth-order valence-corrected chi connectivity index (χ4v) is 2.12. The third kappa shape index (κ3) is 3.22. The maximum atomic E-state index is 10.8. The predicted molar refractivity (Wildman–Crippen MR) is 68.9 cm³/mol. The minimum atomic E-state index is 0.550. The Balaban J connectivity index is 2.21. The molecule has 0 bridgehead atoms. The van der Waals surface area contributed by atoms with Crippen LogP contribution in [0.3, 0.4) is 0 Å². The number of hydrogen-bond acceptors (Lipinski definition) is 3. The van der Waals surface area contributed by atoms with Crippen molar-refractivity contribution < 1.29 is 14.3 Å². The van der Waals surface area contributed by atoms with Crippen molar-refractivity contribution in [3.8, 4) is 11.5 Å². The van der Waals surface area contributed by atoms with Gasteiger partial charge in [-0.25, -0.2) is 0 Å². The van der Waals surface area contributed by atoms with Gasteiger partial charge in [0.1, 0.15) is 6.29 Å². The first-order chi connectivity index (χ1) is 8.24. The Hall–Kier alpha value is -1.03. The minimum absolute atomic E-state index is 0.550. The lowest BCUT2D eigenvalue weighted by Crippen LogP contribution is -2.03. The zero-order valence-electron chi connectivity index (χ0n) is 9.74. The molecule has 0 aromatic heterocycles. The Morgan fingerprint density at radius 3 is 2.76 bits per heavy atom. The van der Waals surface area contributed by atoms with Crippen molar-refractivity contribution in [2.24, 2.45) is 5.92 Å². The highest BCUT2D eigenvalue weighted by molar-refractivity contribution is 9.10. The first-order valence-corrected chi connectivity index (χ1v) is 6.58. The molecule has 1 aliphatic carbocycles. The van der Waals surface area contributed by atoms with Gasteiger partial charge in [-0.15, -0.1) is 0 Å². The van der Waals surface area contributed by atoms with E-state index in [1.807, 2.05) is 6.92 Å². The van der Waals surface area contributed by atoms with E-state index in [2.05, 4.69) is 15.9 Å². The van der Waals surface area contributed by atoms with Gasteiger partial charge in [0, 0.05) is 5.56 Å². The number of ether oxygens (including phenoxy) is 2. The predicted octanol–water partition coefficient (Wildman–Crippen LogP) is 3.45. The van der Waals surface area contributed by atoms with E-state index >= 15 is 0 Å². The normalized spacial score (nSPS) is 14.5. The van der Waals surface area contributed by atoms with Crippen molar-refractivity contribution in [2.75, 3.05) is 13.2 Å². The second-order valence-corrected chi connectivity index (χ2v) is 4.99. The van der Waals surface area contributed by atoms with E-state index in [1.54, 1.807) is 12.1 Å². The number of carbonyl (C=O) groups is 1. The largest absolute Gasteiger partial charge is 0.490 e. The first kappa shape index (κ1) is 12.4. The van der Waals surface area contributed by atoms with E-state index < -0.39 is 0 Å². The number of hydrogen-bond donors (Lipinski definition) is 0. The van der Waals surface area contributed by atoms with Crippen LogP contribution >= 0.6 is 15.9 Å². The molecule has 0 atom stereocenters. The molecular weight excluding hydrogens is 284 g/mol. The van der Waals surface area contributed by atoms with Crippen molar-refractivity contribution in [2.45, 2.75) is 19.8 Å². The molecule has 1 aromatic carbocycles. The van der Waals surface area contributed by atoms with Crippen molar-refractivity contribution >= 4 is 22.2 Å². The SMILES string of the molecule is CCOc1cc(C=O)cc(Br)c1OCC1CC1. The fraction of sp³-hybridized carbons (Fsp3) is 0.462. The highest BCUT2D eigenvalue weighted by Gasteiger charge is 2.23. The first-order valence-electron chi connectivity index (χ1n) is 5.79. The Bertz CT molecular complexity index is 413. The van der Waals surface area contributed by atoms with Gasteiger partial charge in [-0.05, 0) is 53.7 Å². The standard InChI is InChI=1S/C13H15BrO3/c1-2-16-12-6-10(7-15)5-11(14)13(12)17-8-9-3-4-9/h5-7,9H,2-4,8H2,1H3. The summed E-state index contributed by atoms with van der Waals surface area (Å²) >= 11 is 3.42. The van der Waals surface area contributed by atoms with Gasteiger partial charge in [0.25, 0.3) is 0 Å². The summed E-state index contributed by atoms with van der Waals surface area (Å²) in [6, 6.07) is 3.46. The second-order valence-electron chi connectivity index (χ2n) is 4.14. The molecule has 0 amide bonds. The second kappa shape index (κ2) is 5.54. The van der Waals surface area contributed by atoms with Crippen LogP contribution in [0.1, 0.15) is 30.1 Å².